The van der Waals surface area contributed by atoms with Crippen molar-refractivity contribution in [3.63, 3.8) is 0 Å². The van der Waals surface area contributed by atoms with Gasteiger partial charge in [-0.25, -0.2) is 0 Å². The number of para-hydroxylation sites is 1. The molecule has 0 unspecified atom stereocenters. The standard InChI is InChI=1S/C25H34N4O4/c1-17-7-6-8-18(2)24(17)27-23(30)16-28-11-13-29(14-12-28)19(3)25(31)26-20-9-10-21(32-4)22(15-20)33-5/h6-10,15,19H,11-14,16H2,1-5H3,(H,26,31)(H,27,30)/t19-/m0/s1. The summed E-state index contributed by atoms with van der Waals surface area (Å²) in [4.78, 5) is 29.6. The van der Waals surface area contributed by atoms with Gasteiger partial charge in [-0.2, -0.15) is 0 Å². The molecular formula is C25H34N4O4. The maximum Gasteiger partial charge on any atom is 0.241 e. The minimum atomic E-state index is -0.288. The Hall–Kier alpha value is -3.10. The molecule has 0 radical (unpaired) electrons. The Labute approximate surface area is 195 Å². The van der Waals surface area contributed by atoms with Gasteiger partial charge in [0.2, 0.25) is 11.8 Å². The van der Waals surface area contributed by atoms with Gasteiger partial charge in [0.25, 0.3) is 0 Å². The van der Waals surface area contributed by atoms with E-state index in [0.29, 0.717) is 23.7 Å². The molecule has 1 saturated heterocycles. The zero-order valence-electron chi connectivity index (χ0n) is 20.1. The van der Waals surface area contributed by atoms with Crippen LogP contribution in [0.3, 0.4) is 0 Å². The first-order chi connectivity index (χ1) is 15.8. The van der Waals surface area contributed by atoms with E-state index in [-0.39, 0.29) is 17.9 Å². The number of hydrogen-bond donors (Lipinski definition) is 2. The zero-order valence-corrected chi connectivity index (χ0v) is 20.1. The summed E-state index contributed by atoms with van der Waals surface area (Å²) in [5, 5.41) is 6.00. The summed E-state index contributed by atoms with van der Waals surface area (Å²) in [7, 11) is 3.14. The molecule has 8 nitrogen and oxygen atoms in total. The molecule has 0 spiro atoms. The lowest BCUT2D eigenvalue weighted by atomic mass is 10.1. The first-order valence-electron chi connectivity index (χ1n) is 11.2. The predicted molar refractivity (Wildman–Crippen MR) is 130 cm³/mol. The maximum atomic E-state index is 12.8. The van der Waals surface area contributed by atoms with Gasteiger partial charge in [0, 0.05) is 43.6 Å². The monoisotopic (exact) mass is 454 g/mol. The van der Waals surface area contributed by atoms with Gasteiger partial charge in [0.1, 0.15) is 0 Å². The molecule has 1 aliphatic heterocycles. The SMILES string of the molecule is COc1ccc(NC(=O)[C@H](C)N2CCN(CC(=O)Nc3c(C)cccc3C)CC2)cc1OC. The highest BCUT2D eigenvalue weighted by Gasteiger charge is 2.26. The summed E-state index contributed by atoms with van der Waals surface area (Å²) in [5.41, 5.74) is 3.66. The fourth-order valence-electron chi connectivity index (χ4n) is 4.03. The van der Waals surface area contributed by atoms with Crippen molar-refractivity contribution in [3.8, 4) is 11.5 Å². The maximum absolute atomic E-state index is 12.8. The number of methoxy groups -OCH3 is 2. The number of rotatable bonds is 8. The smallest absolute Gasteiger partial charge is 0.241 e. The van der Waals surface area contributed by atoms with E-state index in [1.165, 1.54) is 0 Å². The molecule has 1 fully saturated rings. The minimum Gasteiger partial charge on any atom is -0.493 e. The highest BCUT2D eigenvalue weighted by Crippen LogP contribution is 2.30. The average molecular weight is 455 g/mol. The summed E-state index contributed by atoms with van der Waals surface area (Å²) >= 11 is 0. The molecule has 8 heteroatoms. The van der Waals surface area contributed by atoms with Crippen LogP contribution in [0, 0.1) is 13.8 Å². The number of aryl methyl sites for hydroxylation is 2. The number of piperazine rings is 1. The third-order valence-corrected chi connectivity index (χ3v) is 6.10. The van der Waals surface area contributed by atoms with E-state index >= 15 is 0 Å². The number of amides is 2. The molecule has 33 heavy (non-hydrogen) atoms. The largest absolute Gasteiger partial charge is 0.493 e. The van der Waals surface area contributed by atoms with Gasteiger partial charge in [-0.3, -0.25) is 19.4 Å². The zero-order chi connectivity index (χ0) is 24.0. The van der Waals surface area contributed by atoms with E-state index < -0.39 is 0 Å². The summed E-state index contributed by atoms with van der Waals surface area (Å²) in [6, 6.07) is 11.0. The Morgan fingerprint density at radius 2 is 1.58 bits per heavy atom. The van der Waals surface area contributed by atoms with Crippen molar-refractivity contribution in [1.82, 2.24) is 9.80 Å². The molecule has 1 heterocycles. The van der Waals surface area contributed by atoms with Crippen LogP contribution in [0.4, 0.5) is 11.4 Å². The third-order valence-electron chi connectivity index (χ3n) is 6.10. The highest BCUT2D eigenvalue weighted by molar-refractivity contribution is 5.95. The van der Waals surface area contributed by atoms with Crippen LogP contribution in [-0.4, -0.2) is 74.6 Å². The summed E-state index contributed by atoms with van der Waals surface area (Å²) in [5.74, 6) is 1.08. The Bertz CT molecular complexity index is 966. The Morgan fingerprint density at radius 3 is 2.18 bits per heavy atom. The molecule has 178 valence electrons. The number of carbonyl (C=O) groups excluding carboxylic acids is 2. The van der Waals surface area contributed by atoms with Crippen LogP contribution >= 0.6 is 0 Å². The average Bonchev–Trinajstić information content (AvgIpc) is 2.81. The minimum absolute atomic E-state index is 0.0138. The third kappa shape index (κ3) is 6.24. The molecule has 0 saturated carbocycles. The lowest BCUT2D eigenvalue weighted by Crippen LogP contribution is -2.53. The lowest BCUT2D eigenvalue weighted by Gasteiger charge is -2.37. The first kappa shape index (κ1) is 24.5. The van der Waals surface area contributed by atoms with Crippen molar-refractivity contribution >= 4 is 23.2 Å². The number of ether oxygens (including phenoxy) is 2. The van der Waals surface area contributed by atoms with Crippen LogP contribution < -0.4 is 20.1 Å². The van der Waals surface area contributed by atoms with Crippen LogP contribution in [0.2, 0.25) is 0 Å². The first-order valence-corrected chi connectivity index (χ1v) is 11.2. The molecule has 2 aromatic rings. The van der Waals surface area contributed by atoms with E-state index in [4.69, 9.17) is 9.47 Å². The van der Waals surface area contributed by atoms with Gasteiger partial charge >= 0.3 is 0 Å². The van der Waals surface area contributed by atoms with Crippen molar-refractivity contribution < 1.29 is 19.1 Å². The molecule has 0 bridgehead atoms. The quantitative estimate of drug-likeness (QED) is 0.638. The van der Waals surface area contributed by atoms with Gasteiger partial charge in [-0.15, -0.1) is 0 Å². The van der Waals surface area contributed by atoms with Crippen LogP contribution in [0.5, 0.6) is 11.5 Å². The van der Waals surface area contributed by atoms with Crippen LogP contribution in [0.1, 0.15) is 18.1 Å². The molecule has 3 rings (SSSR count). The van der Waals surface area contributed by atoms with E-state index in [9.17, 15) is 9.59 Å². The number of anilines is 2. The van der Waals surface area contributed by atoms with E-state index in [1.807, 2.05) is 39.0 Å². The van der Waals surface area contributed by atoms with E-state index in [1.54, 1.807) is 32.4 Å². The summed E-state index contributed by atoms with van der Waals surface area (Å²) in [6.07, 6.45) is 0. The van der Waals surface area contributed by atoms with Gasteiger partial charge in [0.15, 0.2) is 11.5 Å². The number of hydrogen-bond acceptors (Lipinski definition) is 6. The van der Waals surface area contributed by atoms with Crippen molar-refractivity contribution in [2.24, 2.45) is 0 Å². The Morgan fingerprint density at radius 1 is 0.939 bits per heavy atom. The van der Waals surface area contributed by atoms with E-state index in [2.05, 4.69) is 20.4 Å². The van der Waals surface area contributed by atoms with Gasteiger partial charge in [-0.05, 0) is 44.0 Å². The summed E-state index contributed by atoms with van der Waals surface area (Å²) in [6.45, 7) is 9.13. The van der Waals surface area contributed by atoms with Gasteiger partial charge in [0.05, 0.1) is 26.8 Å². The Balaban J connectivity index is 1.49. The molecule has 1 aliphatic rings. The fourth-order valence-corrected chi connectivity index (χ4v) is 4.03. The van der Waals surface area contributed by atoms with Gasteiger partial charge in [-0.1, -0.05) is 18.2 Å². The lowest BCUT2D eigenvalue weighted by molar-refractivity contribution is -0.122. The number of carbonyl (C=O) groups is 2. The van der Waals surface area contributed by atoms with Crippen molar-refractivity contribution in [1.29, 1.82) is 0 Å². The Kier molecular flexibility index (Phi) is 8.30. The number of nitrogens with one attached hydrogen (secondary N) is 2. The van der Waals surface area contributed by atoms with Crippen LogP contribution in [-0.2, 0) is 9.59 Å². The second-order valence-electron chi connectivity index (χ2n) is 8.36. The topological polar surface area (TPSA) is 83.1 Å². The highest BCUT2D eigenvalue weighted by atomic mass is 16.5. The molecule has 2 amide bonds. The van der Waals surface area contributed by atoms with Gasteiger partial charge < -0.3 is 20.1 Å². The summed E-state index contributed by atoms with van der Waals surface area (Å²) < 4.78 is 10.5. The molecule has 1 atom stereocenters. The fraction of sp³-hybridized carbons (Fsp3) is 0.440. The van der Waals surface area contributed by atoms with E-state index in [0.717, 1.165) is 43.0 Å². The predicted octanol–water partition coefficient (Wildman–Crippen LogP) is 2.90. The van der Waals surface area contributed by atoms with Crippen LogP contribution in [0.15, 0.2) is 36.4 Å². The van der Waals surface area contributed by atoms with Crippen molar-refractivity contribution in [2.75, 3.05) is 57.6 Å². The second-order valence-corrected chi connectivity index (χ2v) is 8.36. The van der Waals surface area contributed by atoms with Crippen molar-refractivity contribution in [2.45, 2.75) is 26.8 Å². The van der Waals surface area contributed by atoms with Crippen LogP contribution in [0.25, 0.3) is 0 Å². The normalized spacial score (nSPS) is 15.5. The molecule has 2 aromatic carbocycles. The second kappa shape index (κ2) is 11.2. The molecule has 2 N–H and O–H groups in total. The molecular weight excluding hydrogens is 420 g/mol. The number of benzene rings is 2. The van der Waals surface area contributed by atoms with Crippen molar-refractivity contribution in [3.05, 3.63) is 47.5 Å². The molecule has 0 aliphatic carbocycles. The molecule has 0 aromatic heterocycles. The number of nitrogens with zero attached hydrogens (tertiary/aromatic N) is 2.